The lowest BCUT2D eigenvalue weighted by molar-refractivity contribution is 0.0439. The van der Waals surface area contributed by atoms with E-state index in [9.17, 15) is 0 Å². The zero-order valence-corrected chi connectivity index (χ0v) is 18.2. The molecule has 3 rings (SSSR count). The quantitative estimate of drug-likeness (QED) is 0.459. The van der Waals surface area contributed by atoms with E-state index in [0.717, 1.165) is 25.1 Å². The van der Waals surface area contributed by atoms with E-state index in [1.807, 2.05) is 25.1 Å². The van der Waals surface area contributed by atoms with Gasteiger partial charge < -0.3 is 15.8 Å². The molecule has 8 heteroatoms. The van der Waals surface area contributed by atoms with Crippen LogP contribution in [0.4, 0.5) is 0 Å². The minimum absolute atomic E-state index is 0.112. The molecular weight excluding hydrogens is 390 g/mol. The van der Waals surface area contributed by atoms with Crippen molar-refractivity contribution in [2.75, 3.05) is 6.54 Å². The van der Waals surface area contributed by atoms with Crippen molar-refractivity contribution >= 4 is 17.8 Å². The zero-order chi connectivity index (χ0) is 22.2. The Labute approximate surface area is 184 Å². The Morgan fingerprint density at radius 3 is 2.74 bits per heavy atom. The Balaban J connectivity index is 1.69. The average Bonchev–Trinajstić information content (AvgIpc) is 2.94. The summed E-state index contributed by atoms with van der Waals surface area (Å²) in [5.74, 6) is 1.15. The van der Waals surface area contributed by atoms with Crippen molar-refractivity contribution in [1.82, 2.24) is 15.2 Å². The van der Waals surface area contributed by atoms with Gasteiger partial charge in [0.1, 0.15) is 17.8 Å². The largest absolute Gasteiger partial charge is 0.477 e. The molecule has 0 spiro atoms. The topological polar surface area (TPSA) is 123 Å². The second-order valence-electron chi connectivity index (χ2n) is 8.08. The predicted octanol–water partition coefficient (Wildman–Crippen LogP) is 3.15. The molecular formula is C23H31N7O. The molecule has 164 valence electrons. The highest BCUT2D eigenvalue weighted by molar-refractivity contribution is 5.92. The summed E-state index contributed by atoms with van der Waals surface area (Å²) in [7, 11) is 0. The van der Waals surface area contributed by atoms with E-state index in [4.69, 9.17) is 21.1 Å². The van der Waals surface area contributed by atoms with Crippen LogP contribution in [0, 0.1) is 16.7 Å². The summed E-state index contributed by atoms with van der Waals surface area (Å²) in [6.45, 7) is 4.42. The number of nitrogens with zero attached hydrogens (tertiary/aromatic N) is 4. The average molecular weight is 422 g/mol. The Hall–Kier alpha value is -3.18. The van der Waals surface area contributed by atoms with E-state index < -0.39 is 0 Å². The molecule has 0 aromatic carbocycles. The Morgan fingerprint density at radius 1 is 1.39 bits per heavy atom. The molecule has 0 amide bonds. The number of aromatic nitrogens is 1. The first-order valence-electron chi connectivity index (χ1n) is 10.7. The first-order valence-corrected chi connectivity index (χ1v) is 10.7. The molecule has 8 nitrogen and oxygen atoms in total. The molecule has 2 fully saturated rings. The number of piperidine rings is 1. The molecule has 0 radical (unpaired) electrons. The molecule has 4 N–H and O–H groups in total. The minimum Gasteiger partial charge on any atom is -0.477 e. The molecule has 2 aliphatic rings. The van der Waals surface area contributed by atoms with Crippen LogP contribution >= 0.6 is 0 Å². The minimum atomic E-state index is 0.112. The summed E-state index contributed by atoms with van der Waals surface area (Å²) in [6, 6.07) is 8.84. The van der Waals surface area contributed by atoms with Crippen LogP contribution in [0.1, 0.15) is 51.6 Å². The van der Waals surface area contributed by atoms with Crippen LogP contribution in [0.15, 0.2) is 47.0 Å². The highest BCUT2D eigenvalue weighted by Gasteiger charge is 2.41. The summed E-state index contributed by atoms with van der Waals surface area (Å²) < 4.78 is 6.20. The van der Waals surface area contributed by atoms with Crippen LogP contribution in [0.25, 0.3) is 6.08 Å². The van der Waals surface area contributed by atoms with Crippen molar-refractivity contribution in [1.29, 1.82) is 10.7 Å². The lowest BCUT2D eigenvalue weighted by Gasteiger charge is -2.38. The fraction of sp³-hybridized carbons (Fsp3) is 0.478. The molecule has 31 heavy (non-hydrogen) atoms. The van der Waals surface area contributed by atoms with Gasteiger partial charge in [0.15, 0.2) is 5.90 Å². The van der Waals surface area contributed by atoms with Gasteiger partial charge in [-0.3, -0.25) is 15.3 Å². The second-order valence-corrected chi connectivity index (χ2v) is 8.08. The van der Waals surface area contributed by atoms with Gasteiger partial charge in [0, 0.05) is 49.9 Å². The molecule has 0 saturated carbocycles. The smallest absolute Gasteiger partial charge is 0.186 e. The van der Waals surface area contributed by atoms with Crippen LogP contribution in [0.2, 0.25) is 0 Å². The maximum absolute atomic E-state index is 8.90. The number of ether oxygens (including phenoxy) is 1. The van der Waals surface area contributed by atoms with Gasteiger partial charge in [0.2, 0.25) is 0 Å². The Bertz CT molecular complexity index is 882. The van der Waals surface area contributed by atoms with Crippen LogP contribution in [0.3, 0.4) is 0 Å². The first kappa shape index (κ1) is 22.5. The highest BCUT2D eigenvalue weighted by Crippen LogP contribution is 2.37. The predicted molar refractivity (Wildman–Crippen MR) is 122 cm³/mol. The molecule has 2 bridgehead atoms. The third kappa shape index (κ3) is 6.66. The molecule has 1 aromatic heterocycles. The van der Waals surface area contributed by atoms with Crippen molar-refractivity contribution in [3.8, 4) is 6.07 Å². The number of amidine groups is 1. The van der Waals surface area contributed by atoms with Crippen molar-refractivity contribution in [2.45, 2.75) is 64.1 Å². The standard InChI is InChI=1S/C23H31N7O/c1-16(25)12-22(26)29-23(13-18-6-3-4-10-27-18)28-17(2)31-21-14-19-7-8-20(15-21)30(19)11-5-9-24/h3-4,6,10,12-13,19-21H,5,7-8,11,14-15,25H2,1-2H3,(H2,26,29)/b16-12-,23-13+,28-17+. The normalized spacial score (nSPS) is 24.5. The second kappa shape index (κ2) is 10.7. The molecule has 2 aliphatic heterocycles. The van der Waals surface area contributed by atoms with Gasteiger partial charge in [0.25, 0.3) is 0 Å². The number of fused-ring (bicyclic) bond motifs is 2. The molecule has 0 aliphatic carbocycles. The summed E-state index contributed by atoms with van der Waals surface area (Å²) in [5, 5.41) is 20.0. The summed E-state index contributed by atoms with van der Waals surface area (Å²) in [4.78, 5) is 11.4. The maximum atomic E-state index is 8.90. The molecule has 2 unspecified atom stereocenters. The number of nitrogens with two attached hydrogens (primary N) is 1. The Kier molecular flexibility index (Phi) is 7.79. The SMILES string of the molecule is C/C(N)=C/C(=N)NC(=C/c1ccccn1)/N=C(\C)OC1CC2CCC(C1)N2CCC#N. The molecule has 2 atom stereocenters. The highest BCUT2D eigenvalue weighted by atomic mass is 16.5. The van der Waals surface area contributed by atoms with Gasteiger partial charge in [0.05, 0.1) is 11.8 Å². The van der Waals surface area contributed by atoms with Crippen LogP contribution in [-0.2, 0) is 4.74 Å². The van der Waals surface area contributed by atoms with Crippen molar-refractivity contribution in [3.63, 3.8) is 0 Å². The summed E-state index contributed by atoms with van der Waals surface area (Å²) >= 11 is 0. The van der Waals surface area contributed by atoms with E-state index in [-0.39, 0.29) is 11.9 Å². The van der Waals surface area contributed by atoms with E-state index >= 15 is 0 Å². The van der Waals surface area contributed by atoms with Gasteiger partial charge in [-0.2, -0.15) is 5.26 Å². The number of allylic oxidation sites excluding steroid dienone is 1. The number of aliphatic imine (C=N–C) groups is 1. The molecule has 2 saturated heterocycles. The number of pyridine rings is 1. The number of hydrogen-bond donors (Lipinski definition) is 3. The van der Waals surface area contributed by atoms with Crippen LogP contribution in [0.5, 0.6) is 0 Å². The number of hydrogen-bond acceptors (Lipinski definition) is 7. The van der Waals surface area contributed by atoms with Gasteiger partial charge in [-0.1, -0.05) is 6.07 Å². The van der Waals surface area contributed by atoms with E-state index in [1.165, 1.54) is 18.9 Å². The van der Waals surface area contributed by atoms with Gasteiger partial charge in [-0.25, -0.2) is 4.99 Å². The van der Waals surface area contributed by atoms with Crippen LogP contribution in [-0.4, -0.2) is 46.3 Å². The van der Waals surface area contributed by atoms with Crippen LogP contribution < -0.4 is 11.1 Å². The third-order valence-corrected chi connectivity index (χ3v) is 5.55. The van der Waals surface area contributed by atoms with Crippen molar-refractivity contribution < 1.29 is 4.74 Å². The van der Waals surface area contributed by atoms with Crippen molar-refractivity contribution in [3.05, 3.63) is 47.7 Å². The molecule has 1 aromatic rings. The van der Waals surface area contributed by atoms with E-state index in [1.54, 1.807) is 19.2 Å². The fourth-order valence-corrected chi connectivity index (χ4v) is 4.40. The summed E-state index contributed by atoms with van der Waals surface area (Å²) in [5.41, 5.74) is 6.95. The third-order valence-electron chi connectivity index (χ3n) is 5.55. The van der Waals surface area contributed by atoms with Gasteiger partial charge in [-0.15, -0.1) is 0 Å². The lowest BCUT2D eigenvalue weighted by Crippen LogP contribution is -2.46. The van der Waals surface area contributed by atoms with Crippen molar-refractivity contribution in [2.24, 2.45) is 10.7 Å². The van der Waals surface area contributed by atoms with E-state index in [0.29, 0.717) is 35.9 Å². The Morgan fingerprint density at radius 2 is 2.13 bits per heavy atom. The fourth-order valence-electron chi connectivity index (χ4n) is 4.40. The van der Waals surface area contributed by atoms with Gasteiger partial charge in [-0.05, 0) is 50.8 Å². The molecule has 3 heterocycles. The summed E-state index contributed by atoms with van der Waals surface area (Å²) in [6.07, 6.45) is 9.94. The van der Waals surface area contributed by atoms with E-state index in [2.05, 4.69) is 26.3 Å². The monoisotopic (exact) mass is 421 g/mol. The number of nitrogens with one attached hydrogen (secondary N) is 2. The zero-order valence-electron chi connectivity index (χ0n) is 18.2. The number of rotatable bonds is 7. The maximum Gasteiger partial charge on any atom is 0.186 e. The number of nitriles is 1. The van der Waals surface area contributed by atoms with Gasteiger partial charge >= 0.3 is 0 Å². The lowest BCUT2D eigenvalue weighted by atomic mass is 9.99. The first-order chi connectivity index (χ1) is 14.9.